The number of aromatic amines is 1. The highest BCUT2D eigenvalue weighted by molar-refractivity contribution is 7.98. The average Bonchev–Trinajstić information content (AvgIpc) is 3.27. The first-order chi connectivity index (χ1) is 18.4. The third-order valence-corrected chi connectivity index (χ3v) is 6.70. The van der Waals surface area contributed by atoms with Gasteiger partial charge in [0.15, 0.2) is 0 Å². The summed E-state index contributed by atoms with van der Waals surface area (Å²) >= 11 is 1.46. The Morgan fingerprint density at radius 2 is 1.59 bits per heavy atom. The molecule has 0 saturated carbocycles. The summed E-state index contributed by atoms with van der Waals surface area (Å²) in [7, 11) is 0. The number of aromatic nitrogens is 1. The maximum Gasteiger partial charge on any atom is 0.326 e. The van der Waals surface area contributed by atoms with E-state index in [-0.39, 0.29) is 31.6 Å². The molecule has 0 bridgehead atoms. The zero-order valence-corrected chi connectivity index (χ0v) is 23.2. The minimum absolute atomic E-state index is 0.0128. The summed E-state index contributed by atoms with van der Waals surface area (Å²) in [4.78, 5) is 65.1. The minimum Gasteiger partial charge on any atom is -0.480 e. The molecule has 39 heavy (non-hydrogen) atoms. The van der Waals surface area contributed by atoms with E-state index in [0.29, 0.717) is 5.75 Å². The number of aliphatic carboxylic acids is 1. The molecule has 0 spiro atoms. The van der Waals surface area contributed by atoms with Gasteiger partial charge in [0, 0.05) is 23.5 Å². The van der Waals surface area contributed by atoms with Crippen LogP contribution in [0, 0.1) is 5.92 Å². The molecule has 13 heteroatoms. The van der Waals surface area contributed by atoms with E-state index >= 15 is 0 Å². The highest BCUT2D eigenvalue weighted by atomic mass is 32.2. The molecule has 1 aromatic heterocycles. The highest BCUT2D eigenvalue weighted by Crippen LogP contribution is 2.19. The topological polar surface area (TPSA) is 209 Å². The molecule has 0 radical (unpaired) electrons. The van der Waals surface area contributed by atoms with E-state index in [1.807, 2.05) is 44.4 Å². The number of hydrogen-bond acceptors (Lipinski definition) is 7. The van der Waals surface area contributed by atoms with E-state index in [0.717, 1.165) is 16.5 Å². The third-order valence-electron chi connectivity index (χ3n) is 6.06. The van der Waals surface area contributed by atoms with Crippen LogP contribution in [0.2, 0.25) is 0 Å². The molecule has 12 nitrogen and oxygen atoms in total. The van der Waals surface area contributed by atoms with Gasteiger partial charge in [-0.3, -0.25) is 19.2 Å². The van der Waals surface area contributed by atoms with E-state index < -0.39 is 53.8 Å². The van der Waals surface area contributed by atoms with E-state index in [4.69, 9.17) is 11.5 Å². The predicted molar refractivity (Wildman–Crippen MR) is 150 cm³/mol. The Balaban J connectivity index is 2.17. The first-order valence-electron chi connectivity index (χ1n) is 12.6. The number of amides is 4. The van der Waals surface area contributed by atoms with Crippen LogP contribution < -0.4 is 27.4 Å². The minimum atomic E-state index is -1.23. The molecule has 0 fully saturated rings. The number of nitrogens with two attached hydrogens (primary N) is 2. The number of rotatable bonds is 16. The van der Waals surface area contributed by atoms with Crippen LogP contribution >= 0.6 is 11.8 Å². The van der Waals surface area contributed by atoms with Crippen LogP contribution in [0.5, 0.6) is 0 Å². The maximum atomic E-state index is 13.2. The van der Waals surface area contributed by atoms with Gasteiger partial charge in [0.25, 0.3) is 0 Å². The van der Waals surface area contributed by atoms with Crippen LogP contribution in [0.25, 0.3) is 10.9 Å². The zero-order chi connectivity index (χ0) is 29.1. The number of para-hydroxylation sites is 1. The lowest BCUT2D eigenvalue weighted by Crippen LogP contribution is -2.57. The van der Waals surface area contributed by atoms with Crippen LogP contribution in [0.1, 0.15) is 38.7 Å². The average molecular weight is 563 g/mol. The molecule has 2 aromatic rings. The molecule has 0 aliphatic heterocycles. The summed E-state index contributed by atoms with van der Waals surface area (Å²) in [5.41, 5.74) is 12.4. The molecule has 0 saturated heterocycles. The Hall–Kier alpha value is -3.58. The van der Waals surface area contributed by atoms with Crippen LogP contribution in [0.4, 0.5) is 0 Å². The largest absolute Gasteiger partial charge is 0.480 e. The fourth-order valence-corrected chi connectivity index (χ4v) is 4.53. The van der Waals surface area contributed by atoms with Crippen molar-refractivity contribution in [2.75, 3.05) is 12.0 Å². The summed E-state index contributed by atoms with van der Waals surface area (Å²) in [6.07, 6.45) is 3.69. The smallest absolute Gasteiger partial charge is 0.326 e. The lowest BCUT2D eigenvalue weighted by molar-refractivity contribution is -0.142. The molecule has 4 atom stereocenters. The highest BCUT2D eigenvalue weighted by Gasteiger charge is 2.31. The molecule has 0 aliphatic rings. The number of carbonyl (C=O) groups is 5. The summed E-state index contributed by atoms with van der Waals surface area (Å²) in [6.45, 7) is 3.73. The van der Waals surface area contributed by atoms with Gasteiger partial charge in [-0.1, -0.05) is 32.0 Å². The molecular formula is C26H38N6O6S. The molecule has 1 heterocycles. The first kappa shape index (κ1) is 31.6. The van der Waals surface area contributed by atoms with E-state index in [2.05, 4.69) is 20.9 Å². The van der Waals surface area contributed by atoms with E-state index in [1.54, 1.807) is 6.20 Å². The second-order valence-corrected chi connectivity index (χ2v) is 10.8. The summed E-state index contributed by atoms with van der Waals surface area (Å²) in [5.74, 6) is -3.44. The van der Waals surface area contributed by atoms with Gasteiger partial charge in [-0.25, -0.2) is 4.79 Å². The van der Waals surface area contributed by atoms with Gasteiger partial charge in [-0.15, -0.1) is 0 Å². The van der Waals surface area contributed by atoms with Gasteiger partial charge in [-0.05, 0) is 42.4 Å². The van der Waals surface area contributed by atoms with Crippen molar-refractivity contribution in [3.05, 3.63) is 36.0 Å². The summed E-state index contributed by atoms with van der Waals surface area (Å²) in [5, 5.41) is 18.4. The predicted octanol–water partition coefficient (Wildman–Crippen LogP) is 0.251. The number of thioether (sulfide) groups is 1. The van der Waals surface area contributed by atoms with Crippen molar-refractivity contribution in [2.45, 2.75) is 63.7 Å². The van der Waals surface area contributed by atoms with Crippen molar-refractivity contribution in [2.24, 2.45) is 17.4 Å². The number of carbonyl (C=O) groups excluding carboxylic acids is 4. The second kappa shape index (κ2) is 15.1. The fourth-order valence-electron chi connectivity index (χ4n) is 4.06. The lowest BCUT2D eigenvalue weighted by atomic mass is 10.0. The SMILES string of the molecule is CSCCC(NC(=O)C(N)CC(N)=O)C(=O)NC(CC(C)C)C(=O)NC(Cc1c[nH]c2ccccc12)C(=O)O. The molecule has 4 unspecified atom stereocenters. The molecule has 214 valence electrons. The van der Waals surface area contributed by atoms with Gasteiger partial charge in [0.2, 0.25) is 23.6 Å². The quantitative estimate of drug-likeness (QED) is 0.150. The number of benzene rings is 1. The van der Waals surface area contributed by atoms with Crippen molar-refractivity contribution in [1.82, 2.24) is 20.9 Å². The second-order valence-electron chi connectivity index (χ2n) is 9.77. The van der Waals surface area contributed by atoms with Crippen LogP contribution in [0.15, 0.2) is 30.5 Å². The molecule has 9 N–H and O–H groups in total. The summed E-state index contributed by atoms with van der Waals surface area (Å²) < 4.78 is 0. The molecule has 4 amide bonds. The number of nitrogens with one attached hydrogen (secondary N) is 4. The monoisotopic (exact) mass is 562 g/mol. The van der Waals surface area contributed by atoms with Crippen LogP contribution in [0.3, 0.4) is 0 Å². The number of hydrogen-bond donors (Lipinski definition) is 7. The molecule has 2 rings (SSSR count). The first-order valence-corrected chi connectivity index (χ1v) is 14.0. The van der Waals surface area contributed by atoms with Crippen molar-refractivity contribution in [1.29, 1.82) is 0 Å². The Morgan fingerprint density at radius 1 is 0.974 bits per heavy atom. The van der Waals surface area contributed by atoms with Gasteiger partial charge in [0.05, 0.1) is 12.5 Å². The third kappa shape index (κ3) is 9.91. The number of carboxylic acids is 1. The van der Waals surface area contributed by atoms with Crippen molar-refractivity contribution in [3.8, 4) is 0 Å². The Labute approximate surface area is 231 Å². The standard InChI is InChI=1S/C26H38N6O6S/c1-14(2)10-20(31-24(35)19(8-9-39-3)30-23(34)17(27)12-22(28)33)25(36)32-21(26(37)38)11-15-13-29-18-7-5-4-6-16(15)18/h4-7,13-14,17,19-21,29H,8-12,27H2,1-3H3,(H2,28,33)(H,30,34)(H,31,35)(H,32,36)(H,37,38). The normalized spacial score (nSPS) is 14.3. The summed E-state index contributed by atoms with van der Waals surface area (Å²) in [6, 6.07) is 2.91. The number of primary amides is 1. The van der Waals surface area contributed by atoms with Crippen LogP contribution in [-0.4, -0.2) is 75.9 Å². The molecule has 0 aliphatic carbocycles. The Kier molecular flexibility index (Phi) is 12.3. The van der Waals surface area contributed by atoms with Crippen molar-refractivity contribution >= 4 is 52.3 Å². The van der Waals surface area contributed by atoms with Crippen LogP contribution in [-0.2, 0) is 30.4 Å². The lowest BCUT2D eigenvalue weighted by Gasteiger charge is -2.26. The molecule has 1 aromatic carbocycles. The van der Waals surface area contributed by atoms with Gasteiger partial charge in [0.1, 0.15) is 18.1 Å². The van der Waals surface area contributed by atoms with Crippen molar-refractivity contribution < 1.29 is 29.1 Å². The number of carboxylic acid groups (broad SMARTS) is 1. The Bertz CT molecular complexity index is 1170. The zero-order valence-electron chi connectivity index (χ0n) is 22.4. The fraction of sp³-hybridized carbons (Fsp3) is 0.500. The van der Waals surface area contributed by atoms with Gasteiger partial charge < -0.3 is 37.5 Å². The maximum absolute atomic E-state index is 13.2. The van der Waals surface area contributed by atoms with Crippen molar-refractivity contribution in [3.63, 3.8) is 0 Å². The number of H-pyrrole nitrogens is 1. The Morgan fingerprint density at radius 3 is 2.21 bits per heavy atom. The molecular weight excluding hydrogens is 524 g/mol. The van der Waals surface area contributed by atoms with Gasteiger partial charge >= 0.3 is 5.97 Å². The van der Waals surface area contributed by atoms with Gasteiger partial charge in [-0.2, -0.15) is 11.8 Å². The number of fused-ring (bicyclic) bond motifs is 1. The van der Waals surface area contributed by atoms with E-state index in [1.165, 1.54) is 11.8 Å². The van der Waals surface area contributed by atoms with E-state index in [9.17, 15) is 29.1 Å².